The van der Waals surface area contributed by atoms with Crippen LogP contribution in [-0.4, -0.2) is 28.3 Å². The van der Waals surface area contributed by atoms with Crippen molar-refractivity contribution in [2.75, 3.05) is 0 Å². The van der Waals surface area contributed by atoms with Crippen LogP contribution < -0.4 is 0 Å². The summed E-state index contributed by atoms with van der Waals surface area (Å²) in [5.41, 5.74) is 0. The van der Waals surface area contributed by atoms with Gasteiger partial charge in [0.2, 0.25) is 0 Å². The second-order valence-electron chi connectivity index (χ2n) is 1.62. The second-order valence-corrected chi connectivity index (χ2v) is 2.79. The number of allylic oxidation sites excluding steroid dienone is 2. The molecule has 1 aliphatic rings. The maximum absolute atomic E-state index is 10.2. The van der Waals surface area contributed by atoms with Crippen LogP contribution in [0.2, 0.25) is 0 Å². The van der Waals surface area contributed by atoms with Crippen molar-refractivity contribution in [3.63, 3.8) is 0 Å². The summed E-state index contributed by atoms with van der Waals surface area (Å²) >= 11 is 1.40. The molecule has 0 heterocycles. The molecule has 0 bridgehead atoms. The molecule has 0 aliphatic heterocycles. The van der Waals surface area contributed by atoms with E-state index < -0.39 is 0 Å². The molecule has 3 radical (unpaired) electrons. The molecule has 9 heavy (non-hydrogen) atoms. The van der Waals surface area contributed by atoms with E-state index >= 15 is 0 Å². The van der Waals surface area contributed by atoms with Crippen LogP contribution in [-0.2, 0) is 4.79 Å². The van der Waals surface area contributed by atoms with Crippen molar-refractivity contribution >= 4 is 28.3 Å². The van der Waals surface area contributed by atoms with Gasteiger partial charge in [0.05, 0.1) is 0 Å². The first kappa shape index (κ1) is 8.95. The molecule has 0 amide bonds. The first-order valence-corrected chi connectivity index (χ1v) is 4.41. The van der Waals surface area contributed by atoms with Crippen molar-refractivity contribution in [3.8, 4) is 0 Å². The molecule has 0 unspecified atom stereocenters. The van der Waals surface area contributed by atoms with E-state index in [4.69, 9.17) is 0 Å². The van der Waals surface area contributed by atoms with E-state index in [2.05, 4.69) is 6.58 Å². The summed E-state index contributed by atoms with van der Waals surface area (Å²) in [5.74, 6) is 0.343. The molecule has 1 nitrogen and oxygen atoms in total. The Morgan fingerprint density at radius 2 is 1.89 bits per heavy atom. The fourth-order valence-electron chi connectivity index (χ4n) is 0.513. The third-order valence-electron chi connectivity index (χ3n) is 0.858. The van der Waals surface area contributed by atoms with Crippen molar-refractivity contribution < 1.29 is 4.79 Å². The Bertz CT molecular complexity index is 117. The molecule has 0 saturated heterocycles. The first-order valence-electron chi connectivity index (χ1n) is 2.76. The van der Waals surface area contributed by atoms with Crippen LogP contribution >= 0.6 is 0 Å². The van der Waals surface area contributed by atoms with Crippen molar-refractivity contribution in [2.24, 2.45) is 0 Å². The molecule has 0 spiro atoms. The molecule has 1 rings (SSSR count). The molecule has 0 N–H and O–H groups in total. The van der Waals surface area contributed by atoms with E-state index in [9.17, 15) is 4.79 Å². The van der Waals surface area contributed by atoms with Gasteiger partial charge in [-0.2, -0.15) is 0 Å². The van der Waals surface area contributed by atoms with E-state index in [1.165, 1.54) is 22.5 Å². The number of Topliss-reactive ketones (excluding diaryl/α,β-unsaturated/α-hetero) is 1. The Morgan fingerprint density at radius 3 is 2.00 bits per heavy atom. The summed E-state index contributed by atoms with van der Waals surface area (Å²) in [7, 11) is 0. The van der Waals surface area contributed by atoms with Crippen molar-refractivity contribution in [2.45, 2.75) is 12.8 Å². The van der Waals surface area contributed by atoms with Gasteiger partial charge < -0.3 is 0 Å². The molecule has 1 aliphatic carbocycles. The van der Waals surface area contributed by atoms with Crippen molar-refractivity contribution in [1.29, 1.82) is 0 Å². The van der Waals surface area contributed by atoms with E-state index in [1.54, 1.807) is 0 Å². The Balaban J connectivity index is 0.000000187. The number of ketones is 1. The monoisotopic (exact) mass is 229 g/mol. The van der Waals surface area contributed by atoms with Crippen molar-refractivity contribution in [3.05, 3.63) is 22.8 Å². The van der Waals surface area contributed by atoms with Gasteiger partial charge in [-0.05, 0) is 0 Å². The predicted octanol–water partition coefficient (Wildman–Crippen LogP) is 1.20. The normalized spacial score (nSPS) is 14.6. The second kappa shape index (κ2) is 6.07. The molecule has 0 saturated carbocycles. The van der Waals surface area contributed by atoms with Gasteiger partial charge >= 0.3 is 33.2 Å². The van der Waals surface area contributed by atoms with Crippen LogP contribution in [0.15, 0.2) is 22.8 Å². The zero-order chi connectivity index (χ0) is 7.11. The Hall–Kier alpha value is -0.0513. The Morgan fingerprint density at radius 1 is 1.56 bits per heavy atom. The SMILES string of the molecule is C=[CH][Sn].O=C1CC=CC1. The van der Waals surface area contributed by atoms with Crippen LogP contribution in [0.4, 0.5) is 0 Å². The fourth-order valence-corrected chi connectivity index (χ4v) is 0.513. The summed E-state index contributed by atoms with van der Waals surface area (Å²) in [6, 6.07) is 0. The number of carbonyl (C=O) groups is 1. The molecular weight excluding hydrogens is 219 g/mol. The van der Waals surface area contributed by atoms with Gasteiger partial charge in [0.15, 0.2) is 0 Å². The third-order valence-corrected chi connectivity index (χ3v) is 0.858. The molecule has 2 heteroatoms. The van der Waals surface area contributed by atoms with Gasteiger partial charge in [-0.1, -0.05) is 12.2 Å². The van der Waals surface area contributed by atoms with Crippen LogP contribution in [0.3, 0.4) is 0 Å². The van der Waals surface area contributed by atoms with Crippen LogP contribution in [0.1, 0.15) is 12.8 Å². The van der Waals surface area contributed by atoms with Gasteiger partial charge in [-0.25, -0.2) is 0 Å². The molecule has 47 valence electrons. The number of rotatable bonds is 0. The minimum atomic E-state index is 0.343. The largest absolute Gasteiger partial charge is 0.299 e. The maximum Gasteiger partial charge on any atom is 0.140 e. The zero-order valence-corrected chi connectivity index (χ0v) is 8.12. The molecular formula is C7H9OSn. The number of hydrogen-bond donors (Lipinski definition) is 0. The smallest absolute Gasteiger partial charge is 0.140 e. The first-order chi connectivity index (χ1) is 4.31. The molecule has 0 aromatic rings. The third kappa shape index (κ3) is 5.83. The van der Waals surface area contributed by atoms with Crippen molar-refractivity contribution in [1.82, 2.24) is 0 Å². The van der Waals surface area contributed by atoms with Gasteiger partial charge in [0.1, 0.15) is 5.78 Å². The summed E-state index contributed by atoms with van der Waals surface area (Å²) in [6.45, 7) is 3.40. The van der Waals surface area contributed by atoms with Crippen LogP contribution in [0, 0.1) is 0 Å². The predicted molar refractivity (Wildman–Crippen MR) is 39.3 cm³/mol. The zero-order valence-electron chi connectivity index (χ0n) is 5.26. The van der Waals surface area contributed by atoms with E-state index in [1.807, 2.05) is 16.2 Å². The van der Waals surface area contributed by atoms with Crippen LogP contribution in [0.5, 0.6) is 0 Å². The quantitative estimate of drug-likeness (QED) is 0.449. The fraction of sp³-hybridized carbons (Fsp3) is 0.286. The minimum Gasteiger partial charge on any atom is -0.299 e. The number of hydrogen-bond acceptors (Lipinski definition) is 1. The van der Waals surface area contributed by atoms with Crippen LogP contribution in [0.25, 0.3) is 0 Å². The summed E-state index contributed by atoms with van der Waals surface area (Å²) in [4.78, 5) is 10.2. The summed E-state index contributed by atoms with van der Waals surface area (Å²) in [6.07, 6.45) is 5.14. The number of carbonyl (C=O) groups excluding carboxylic acids is 1. The van der Waals surface area contributed by atoms with E-state index in [0.29, 0.717) is 18.6 Å². The van der Waals surface area contributed by atoms with Gasteiger partial charge in [-0.15, -0.1) is 0 Å². The molecule has 0 fully saturated rings. The Kier molecular flexibility index (Phi) is 6.04. The van der Waals surface area contributed by atoms with Gasteiger partial charge in [-0.3, -0.25) is 4.79 Å². The summed E-state index contributed by atoms with van der Waals surface area (Å²) in [5, 5.41) is 0. The maximum atomic E-state index is 10.2. The molecule has 0 aromatic carbocycles. The summed E-state index contributed by atoms with van der Waals surface area (Å²) < 4.78 is 1.84. The average Bonchev–Trinajstić information content (AvgIpc) is 2.20. The molecule has 0 aromatic heterocycles. The minimum absolute atomic E-state index is 0.343. The van der Waals surface area contributed by atoms with E-state index in [-0.39, 0.29) is 0 Å². The average molecular weight is 228 g/mol. The van der Waals surface area contributed by atoms with Gasteiger partial charge in [0.25, 0.3) is 0 Å². The van der Waals surface area contributed by atoms with E-state index in [0.717, 1.165) is 0 Å². The molecule has 0 atom stereocenters. The Labute approximate surface area is 68.9 Å². The topological polar surface area (TPSA) is 17.1 Å². The van der Waals surface area contributed by atoms with Gasteiger partial charge in [0, 0.05) is 12.8 Å². The standard InChI is InChI=1S/C5H6O.C2H3.Sn/c6-5-3-1-2-4-5;1-2;/h1-2H,3-4H2;1H,2H2;.